The Morgan fingerprint density at radius 2 is 2.19 bits per heavy atom. The summed E-state index contributed by atoms with van der Waals surface area (Å²) in [6, 6.07) is 9.12. The third-order valence-electron chi connectivity index (χ3n) is 2.21. The lowest BCUT2D eigenvalue weighted by atomic mass is 10.2. The lowest BCUT2D eigenvalue weighted by molar-refractivity contribution is 0.302. The quantitative estimate of drug-likeness (QED) is 0.889. The SMILES string of the molecule is NCc1occc1COc1cccc(Cl)c1. The average molecular weight is 238 g/mol. The van der Waals surface area contributed by atoms with Crippen molar-refractivity contribution in [3.8, 4) is 5.75 Å². The van der Waals surface area contributed by atoms with Crippen molar-refractivity contribution in [3.05, 3.63) is 52.9 Å². The van der Waals surface area contributed by atoms with Crippen LogP contribution in [0.4, 0.5) is 0 Å². The highest BCUT2D eigenvalue weighted by Gasteiger charge is 2.05. The van der Waals surface area contributed by atoms with Crippen molar-refractivity contribution in [1.29, 1.82) is 0 Å². The molecule has 16 heavy (non-hydrogen) atoms. The smallest absolute Gasteiger partial charge is 0.123 e. The van der Waals surface area contributed by atoms with Gasteiger partial charge in [-0.25, -0.2) is 0 Å². The molecule has 0 unspecified atom stereocenters. The monoisotopic (exact) mass is 237 g/mol. The van der Waals surface area contributed by atoms with Gasteiger partial charge in [0.25, 0.3) is 0 Å². The number of hydrogen-bond donors (Lipinski definition) is 1. The predicted octanol–water partition coefficient (Wildman–Crippen LogP) is 2.97. The molecule has 84 valence electrons. The molecule has 0 saturated heterocycles. The van der Waals surface area contributed by atoms with E-state index in [1.807, 2.05) is 18.2 Å². The van der Waals surface area contributed by atoms with Crippen LogP contribution in [0.5, 0.6) is 5.75 Å². The fraction of sp³-hybridized carbons (Fsp3) is 0.167. The van der Waals surface area contributed by atoms with Crippen molar-refractivity contribution in [2.45, 2.75) is 13.2 Å². The van der Waals surface area contributed by atoms with E-state index in [0.29, 0.717) is 18.2 Å². The van der Waals surface area contributed by atoms with Crippen LogP contribution in [0.2, 0.25) is 5.02 Å². The first kappa shape index (κ1) is 11.0. The van der Waals surface area contributed by atoms with Crippen molar-refractivity contribution in [2.24, 2.45) is 5.73 Å². The molecule has 1 aromatic carbocycles. The number of rotatable bonds is 4. The molecule has 0 fully saturated rings. The summed E-state index contributed by atoms with van der Waals surface area (Å²) in [5.41, 5.74) is 6.48. The molecule has 0 aliphatic carbocycles. The van der Waals surface area contributed by atoms with E-state index in [-0.39, 0.29) is 0 Å². The Morgan fingerprint density at radius 3 is 2.94 bits per heavy atom. The van der Waals surface area contributed by atoms with Crippen LogP contribution < -0.4 is 10.5 Å². The lowest BCUT2D eigenvalue weighted by Crippen LogP contribution is -2.01. The highest BCUT2D eigenvalue weighted by atomic mass is 35.5. The number of halogens is 1. The van der Waals surface area contributed by atoms with E-state index in [9.17, 15) is 0 Å². The van der Waals surface area contributed by atoms with Gasteiger partial charge < -0.3 is 14.9 Å². The third kappa shape index (κ3) is 2.56. The molecule has 0 aliphatic rings. The molecular weight excluding hydrogens is 226 g/mol. The van der Waals surface area contributed by atoms with Crippen molar-refractivity contribution < 1.29 is 9.15 Å². The Bertz CT molecular complexity index is 468. The largest absolute Gasteiger partial charge is 0.489 e. The molecule has 0 aliphatic heterocycles. The summed E-state index contributed by atoms with van der Waals surface area (Å²) in [7, 11) is 0. The van der Waals surface area contributed by atoms with Crippen molar-refractivity contribution in [3.63, 3.8) is 0 Å². The van der Waals surface area contributed by atoms with Crippen LogP contribution in [0.15, 0.2) is 41.0 Å². The van der Waals surface area contributed by atoms with E-state index in [1.54, 1.807) is 18.4 Å². The van der Waals surface area contributed by atoms with Gasteiger partial charge in [0.2, 0.25) is 0 Å². The van der Waals surface area contributed by atoms with Crippen LogP contribution in [0.1, 0.15) is 11.3 Å². The molecule has 2 rings (SSSR count). The highest BCUT2D eigenvalue weighted by molar-refractivity contribution is 6.30. The van der Waals surface area contributed by atoms with E-state index < -0.39 is 0 Å². The number of ether oxygens (including phenoxy) is 1. The first-order valence-electron chi connectivity index (χ1n) is 4.93. The van der Waals surface area contributed by atoms with Crippen LogP contribution in [-0.2, 0) is 13.2 Å². The fourth-order valence-corrected chi connectivity index (χ4v) is 1.57. The molecule has 2 N–H and O–H groups in total. The summed E-state index contributed by atoms with van der Waals surface area (Å²) in [5.74, 6) is 1.48. The maximum Gasteiger partial charge on any atom is 0.123 e. The Labute approximate surface area is 98.8 Å². The van der Waals surface area contributed by atoms with Crippen LogP contribution >= 0.6 is 11.6 Å². The van der Waals surface area contributed by atoms with Gasteiger partial charge in [-0.3, -0.25) is 0 Å². The second kappa shape index (κ2) is 5.05. The first-order chi connectivity index (χ1) is 7.79. The van der Waals surface area contributed by atoms with Crippen LogP contribution in [0.3, 0.4) is 0 Å². The van der Waals surface area contributed by atoms with Gasteiger partial charge in [0, 0.05) is 10.6 Å². The summed E-state index contributed by atoms with van der Waals surface area (Å²) in [4.78, 5) is 0. The highest BCUT2D eigenvalue weighted by Crippen LogP contribution is 2.19. The summed E-state index contributed by atoms with van der Waals surface area (Å²) >= 11 is 5.85. The van der Waals surface area contributed by atoms with Gasteiger partial charge in [0.05, 0.1) is 12.8 Å². The predicted molar refractivity (Wildman–Crippen MR) is 62.4 cm³/mol. The molecule has 0 atom stereocenters. The van der Waals surface area contributed by atoms with Crippen LogP contribution in [0.25, 0.3) is 0 Å². The van der Waals surface area contributed by atoms with Gasteiger partial charge in [-0.2, -0.15) is 0 Å². The van der Waals surface area contributed by atoms with E-state index in [1.165, 1.54) is 0 Å². The van der Waals surface area contributed by atoms with Gasteiger partial charge >= 0.3 is 0 Å². The second-order valence-corrected chi connectivity index (χ2v) is 3.76. The minimum absolute atomic E-state index is 0.376. The Kier molecular flexibility index (Phi) is 3.49. The van der Waals surface area contributed by atoms with E-state index in [4.69, 9.17) is 26.5 Å². The molecule has 0 amide bonds. The normalized spacial score (nSPS) is 10.4. The van der Waals surface area contributed by atoms with Gasteiger partial charge in [0.1, 0.15) is 18.1 Å². The zero-order valence-corrected chi connectivity index (χ0v) is 9.41. The van der Waals surface area contributed by atoms with E-state index in [2.05, 4.69) is 0 Å². The molecule has 1 heterocycles. The Morgan fingerprint density at radius 1 is 1.31 bits per heavy atom. The topological polar surface area (TPSA) is 48.4 Å². The number of furan rings is 1. The molecule has 0 bridgehead atoms. The zero-order chi connectivity index (χ0) is 11.4. The maximum atomic E-state index is 5.85. The van der Waals surface area contributed by atoms with Crippen molar-refractivity contribution in [1.82, 2.24) is 0 Å². The second-order valence-electron chi connectivity index (χ2n) is 3.32. The summed E-state index contributed by atoms with van der Waals surface area (Å²) < 4.78 is 10.8. The Balaban J connectivity index is 2.02. The average Bonchev–Trinajstić information content (AvgIpc) is 2.74. The van der Waals surface area contributed by atoms with E-state index >= 15 is 0 Å². The van der Waals surface area contributed by atoms with Crippen molar-refractivity contribution >= 4 is 11.6 Å². The standard InChI is InChI=1S/C12H12ClNO2/c13-10-2-1-3-11(6-10)16-8-9-4-5-15-12(9)7-14/h1-6H,7-8,14H2. The van der Waals surface area contributed by atoms with Crippen LogP contribution in [0, 0.1) is 0 Å². The van der Waals surface area contributed by atoms with Gasteiger partial charge in [-0.15, -0.1) is 0 Å². The van der Waals surface area contributed by atoms with Crippen LogP contribution in [-0.4, -0.2) is 0 Å². The number of nitrogens with two attached hydrogens (primary N) is 1. The van der Waals surface area contributed by atoms with Gasteiger partial charge in [-0.05, 0) is 24.3 Å². The molecule has 1 aromatic heterocycles. The lowest BCUT2D eigenvalue weighted by Gasteiger charge is -2.05. The molecule has 0 spiro atoms. The van der Waals surface area contributed by atoms with Gasteiger partial charge in [0.15, 0.2) is 0 Å². The molecule has 0 saturated carbocycles. The summed E-state index contributed by atoms with van der Waals surface area (Å²) in [5, 5.41) is 0.656. The van der Waals surface area contributed by atoms with Gasteiger partial charge in [-0.1, -0.05) is 17.7 Å². The number of benzene rings is 1. The van der Waals surface area contributed by atoms with Crippen molar-refractivity contribution in [2.75, 3.05) is 0 Å². The third-order valence-corrected chi connectivity index (χ3v) is 2.45. The molecule has 2 aromatic rings. The zero-order valence-electron chi connectivity index (χ0n) is 8.65. The maximum absolute atomic E-state index is 5.85. The Hall–Kier alpha value is -1.45. The minimum Gasteiger partial charge on any atom is -0.489 e. The fourth-order valence-electron chi connectivity index (χ4n) is 1.39. The molecule has 3 nitrogen and oxygen atoms in total. The summed E-state index contributed by atoms with van der Waals surface area (Å²) in [6.07, 6.45) is 1.61. The minimum atomic E-state index is 0.376. The number of hydrogen-bond acceptors (Lipinski definition) is 3. The summed E-state index contributed by atoms with van der Waals surface area (Å²) in [6.45, 7) is 0.810. The first-order valence-corrected chi connectivity index (χ1v) is 5.31. The molecule has 4 heteroatoms. The molecule has 0 radical (unpaired) electrons. The molecular formula is C12H12ClNO2. The van der Waals surface area contributed by atoms with E-state index in [0.717, 1.165) is 17.1 Å².